The Hall–Kier alpha value is -4.73. The van der Waals surface area contributed by atoms with Crippen LogP contribution in [0.1, 0.15) is 51.3 Å². The van der Waals surface area contributed by atoms with Crippen molar-refractivity contribution in [3.63, 3.8) is 0 Å². The molecule has 1 N–H and O–H groups in total. The molecule has 0 unspecified atom stereocenters. The molecule has 196 valence electrons. The Morgan fingerprint density at radius 1 is 0.821 bits per heavy atom. The molecule has 0 fully saturated rings. The third-order valence-corrected chi connectivity index (χ3v) is 7.19. The molecule has 1 heterocycles. The molecular formula is C34H32N2O3. The average Bonchev–Trinajstić information content (AvgIpc) is 3.18. The summed E-state index contributed by atoms with van der Waals surface area (Å²) < 4.78 is 2.35. The fraction of sp³-hybridized carbons (Fsp3) is 0.176. The van der Waals surface area contributed by atoms with E-state index in [1.54, 1.807) is 0 Å². The van der Waals surface area contributed by atoms with Gasteiger partial charge in [0.2, 0.25) is 0 Å². The topological polar surface area (TPSA) is 68.2 Å². The first-order valence-corrected chi connectivity index (χ1v) is 12.9. The van der Waals surface area contributed by atoms with E-state index in [1.165, 1.54) is 33.5 Å². The highest BCUT2D eigenvalue weighted by Crippen LogP contribution is 2.28. The van der Waals surface area contributed by atoms with Gasteiger partial charge in [-0.15, -0.1) is 0 Å². The number of fused-ring (bicyclic) bond motifs is 1. The van der Waals surface area contributed by atoms with Crippen molar-refractivity contribution in [3.05, 3.63) is 131 Å². The van der Waals surface area contributed by atoms with Crippen molar-refractivity contribution in [1.82, 2.24) is 9.88 Å². The van der Waals surface area contributed by atoms with Gasteiger partial charge in [-0.1, -0.05) is 84.4 Å². The smallest absolute Gasteiger partial charge is 0.346 e. The summed E-state index contributed by atoms with van der Waals surface area (Å²) in [5, 5.41) is 4.29. The van der Waals surface area contributed by atoms with Gasteiger partial charge < -0.3 is 9.88 Å². The molecule has 5 aromatic rings. The predicted octanol–water partition coefficient (Wildman–Crippen LogP) is 7.19. The average molecular weight is 517 g/mol. The first-order valence-electron chi connectivity index (χ1n) is 12.9. The molecule has 0 aliphatic carbocycles. The number of rotatable bonds is 6. The molecule has 5 heteroatoms. The van der Waals surface area contributed by atoms with Crippen molar-refractivity contribution < 1.29 is 14.4 Å². The van der Waals surface area contributed by atoms with Crippen LogP contribution in [-0.4, -0.2) is 16.6 Å². The van der Waals surface area contributed by atoms with E-state index in [0.29, 0.717) is 5.56 Å². The van der Waals surface area contributed by atoms with E-state index in [2.05, 4.69) is 103 Å². The van der Waals surface area contributed by atoms with Crippen molar-refractivity contribution in [1.29, 1.82) is 0 Å². The number of carbonyl (C=O) groups excluding carboxylic acids is 3. The van der Waals surface area contributed by atoms with Gasteiger partial charge in [-0.25, -0.2) is 0 Å². The quantitative estimate of drug-likeness (QED) is 0.260. The molecule has 39 heavy (non-hydrogen) atoms. The first-order chi connectivity index (χ1) is 18.8. The Morgan fingerprint density at radius 2 is 1.49 bits per heavy atom. The second-order valence-corrected chi connectivity index (χ2v) is 9.78. The van der Waals surface area contributed by atoms with Gasteiger partial charge in [-0.05, 0) is 73.7 Å². The van der Waals surface area contributed by atoms with Crippen LogP contribution in [0, 0.1) is 20.8 Å². The minimum Gasteiger partial charge on any atom is -0.346 e. The molecular weight excluding hydrogens is 484 g/mol. The lowest BCUT2D eigenvalue weighted by molar-refractivity contribution is -0.191. The third-order valence-electron chi connectivity index (χ3n) is 7.19. The number of benzene rings is 4. The van der Waals surface area contributed by atoms with E-state index in [9.17, 15) is 4.79 Å². The fourth-order valence-electron chi connectivity index (χ4n) is 4.91. The van der Waals surface area contributed by atoms with Crippen molar-refractivity contribution in [2.75, 3.05) is 0 Å². The number of aryl methyl sites for hydroxylation is 2. The minimum atomic E-state index is -0.0561. The number of aromatic nitrogens is 1. The van der Waals surface area contributed by atoms with E-state index in [1.807, 2.05) is 31.2 Å². The normalized spacial score (nSPS) is 11.3. The zero-order valence-corrected chi connectivity index (χ0v) is 22.7. The largest absolute Gasteiger partial charge is 0.373 e. The summed E-state index contributed by atoms with van der Waals surface area (Å²) in [5.74, 6) is -0.0489. The van der Waals surface area contributed by atoms with Gasteiger partial charge in [-0.2, -0.15) is 9.59 Å². The first kappa shape index (κ1) is 27.3. The van der Waals surface area contributed by atoms with Crippen LogP contribution in [0.2, 0.25) is 0 Å². The third kappa shape index (κ3) is 6.23. The van der Waals surface area contributed by atoms with Crippen LogP contribution in [0.25, 0.3) is 22.0 Å². The summed E-state index contributed by atoms with van der Waals surface area (Å²) in [6.45, 7) is 9.19. The van der Waals surface area contributed by atoms with E-state index < -0.39 is 0 Å². The van der Waals surface area contributed by atoms with Gasteiger partial charge in [0.25, 0.3) is 5.91 Å². The number of carbonyl (C=O) groups is 1. The summed E-state index contributed by atoms with van der Waals surface area (Å²) in [6.07, 6.45) is 0.250. The Balaban J connectivity index is 0.00000112. The van der Waals surface area contributed by atoms with Gasteiger partial charge in [0, 0.05) is 28.7 Å². The van der Waals surface area contributed by atoms with Crippen LogP contribution >= 0.6 is 0 Å². The molecule has 4 aromatic carbocycles. The molecule has 5 nitrogen and oxygen atoms in total. The van der Waals surface area contributed by atoms with Gasteiger partial charge in [0.1, 0.15) is 0 Å². The van der Waals surface area contributed by atoms with Gasteiger partial charge in [-0.3, -0.25) is 4.79 Å². The van der Waals surface area contributed by atoms with E-state index in [-0.39, 0.29) is 18.1 Å². The lowest BCUT2D eigenvalue weighted by atomic mass is 10.0. The molecule has 0 aliphatic rings. The molecule has 0 spiro atoms. The Morgan fingerprint density at radius 3 is 2.15 bits per heavy atom. The SMILES string of the molecule is Cc1cccc([C@H](C)NC(=O)c2ccc3c(c2)c(C)c(C)n3Cc2ccc(-c3ccccc3)cc2)c1.O=C=O. The second kappa shape index (κ2) is 12.2. The Labute approximate surface area is 229 Å². The fourth-order valence-corrected chi connectivity index (χ4v) is 4.91. The highest BCUT2D eigenvalue weighted by molar-refractivity contribution is 5.99. The molecule has 0 radical (unpaired) electrons. The highest BCUT2D eigenvalue weighted by Gasteiger charge is 2.16. The van der Waals surface area contributed by atoms with Crippen LogP contribution in [0.5, 0.6) is 0 Å². The number of hydrogen-bond acceptors (Lipinski definition) is 3. The maximum absolute atomic E-state index is 13.1. The van der Waals surface area contributed by atoms with Crippen LogP contribution < -0.4 is 5.32 Å². The molecule has 5 rings (SSSR count). The summed E-state index contributed by atoms with van der Waals surface area (Å²) in [6, 6.07) is 33.5. The van der Waals surface area contributed by atoms with Crippen LogP contribution in [0.3, 0.4) is 0 Å². The predicted molar refractivity (Wildman–Crippen MR) is 154 cm³/mol. The van der Waals surface area contributed by atoms with Crippen molar-refractivity contribution in [2.45, 2.75) is 40.3 Å². The standard InChI is InChI=1S/C33H32N2O.CO2/c1-22-9-8-12-29(19-22)24(3)34-33(36)30-17-18-32-31(20-30)23(2)25(4)35(32)21-26-13-15-28(16-14-26)27-10-6-5-7-11-27;2-1-3/h5-20,24H,21H2,1-4H3,(H,34,36);/t24-;/m0./s1. The molecule has 1 amide bonds. The molecule has 0 bridgehead atoms. The van der Waals surface area contributed by atoms with E-state index >= 15 is 0 Å². The van der Waals surface area contributed by atoms with E-state index in [4.69, 9.17) is 9.59 Å². The summed E-state index contributed by atoms with van der Waals surface area (Å²) >= 11 is 0. The Kier molecular flexibility index (Phi) is 8.55. The summed E-state index contributed by atoms with van der Waals surface area (Å²) in [7, 11) is 0. The number of nitrogens with zero attached hydrogens (tertiary/aromatic N) is 1. The molecule has 1 atom stereocenters. The lowest BCUT2D eigenvalue weighted by Crippen LogP contribution is -2.26. The van der Waals surface area contributed by atoms with Crippen LogP contribution in [0.4, 0.5) is 0 Å². The number of hydrogen-bond donors (Lipinski definition) is 1. The van der Waals surface area contributed by atoms with Crippen molar-refractivity contribution >= 4 is 23.0 Å². The summed E-state index contributed by atoms with van der Waals surface area (Å²) in [5.41, 5.74) is 10.3. The van der Waals surface area contributed by atoms with Crippen LogP contribution in [-0.2, 0) is 16.1 Å². The van der Waals surface area contributed by atoms with Gasteiger partial charge in [0.05, 0.1) is 6.04 Å². The lowest BCUT2D eigenvalue weighted by Gasteiger charge is -2.15. The van der Waals surface area contributed by atoms with Crippen LogP contribution in [0.15, 0.2) is 97.1 Å². The minimum absolute atomic E-state index is 0.0489. The van der Waals surface area contributed by atoms with Crippen molar-refractivity contribution in [3.8, 4) is 11.1 Å². The van der Waals surface area contributed by atoms with Gasteiger partial charge >= 0.3 is 6.15 Å². The highest BCUT2D eigenvalue weighted by atomic mass is 16.2. The second-order valence-electron chi connectivity index (χ2n) is 9.78. The number of amides is 1. The monoisotopic (exact) mass is 516 g/mol. The van der Waals surface area contributed by atoms with E-state index in [0.717, 1.165) is 23.0 Å². The Bertz CT molecular complexity index is 1630. The number of nitrogens with one attached hydrogen (secondary N) is 1. The maximum Gasteiger partial charge on any atom is 0.373 e. The maximum atomic E-state index is 13.1. The molecule has 0 aliphatic heterocycles. The zero-order chi connectivity index (χ0) is 27.9. The van der Waals surface area contributed by atoms with Crippen molar-refractivity contribution in [2.24, 2.45) is 0 Å². The molecule has 0 saturated heterocycles. The molecule has 1 aromatic heterocycles. The zero-order valence-electron chi connectivity index (χ0n) is 22.7. The van der Waals surface area contributed by atoms with Gasteiger partial charge in [0.15, 0.2) is 0 Å². The summed E-state index contributed by atoms with van der Waals surface area (Å²) in [4.78, 5) is 29.3. The molecule has 0 saturated carbocycles.